The maximum atomic E-state index is 5.60. The van der Waals surface area contributed by atoms with Gasteiger partial charge < -0.3 is 10.3 Å². The third-order valence-electron chi connectivity index (χ3n) is 3.05. The van der Waals surface area contributed by atoms with Crippen LogP contribution in [0, 0.1) is 0 Å². The van der Waals surface area contributed by atoms with Crippen LogP contribution in [0.4, 0.5) is 0 Å². The maximum Gasteiger partial charge on any atom is 0.0487 e. The van der Waals surface area contributed by atoms with Gasteiger partial charge in [0.1, 0.15) is 0 Å². The molecule has 2 N–H and O–H groups in total. The van der Waals surface area contributed by atoms with Crippen LogP contribution in [0.25, 0.3) is 21.7 Å². The highest BCUT2D eigenvalue weighted by Crippen LogP contribution is 2.25. The quantitative estimate of drug-likeness (QED) is 0.692. The molecule has 2 nitrogen and oxygen atoms in total. The van der Waals surface area contributed by atoms with Crippen LogP contribution in [0.5, 0.6) is 0 Å². The molecule has 0 aliphatic carbocycles. The molecule has 80 valence electrons. The van der Waals surface area contributed by atoms with Gasteiger partial charge in [-0.1, -0.05) is 30.3 Å². The zero-order valence-corrected chi connectivity index (χ0v) is 9.06. The highest BCUT2D eigenvalue weighted by molar-refractivity contribution is 6.06. The van der Waals surface area contributed by atoms with Gasteiger partial charge >= 0.3 is 0 Å². The topological polar surface area (TPSA) is 30.9 Å². The first kappa shape index (κ1) is 9.43. The highest BCUT2D eigenvalue weighted by atomic mass is 15.0. The van der Waals surface area contributed by atoms with E-state index in [4.69, 9.17) is 5.73 Å². The summed E-state index contributed by atoms with van der Waals surface area (Å²) in [5.41, 5.74) is 6.87. The Kier molecular flexibility index (Phi) is 2.15. The van der Waals surface area contributed by atoms with Crippen LogP contribution < -0.4 is 5.73 Å². The van der Waals surface area contributed by atoms with E-state index in [-0.39, 0.29) is 0 Å². The second-order valence-electron chi connectivity index (χ2n) is 4.02. The van der Waals surface area contributed by atoms with E-state index in [0.717, 1.165) is 6.54 Å². The van der Waals surface area contributed by atoms with E-state index in [0.29, 0.717) is 6.54 Å². The van der Waals surface area contributed by atoms with Crippen LogP contribution in [0.2, 0.25) is 0 Å². The number of nitrogens with two attached hydrogens (primary N) is 1. The number of hydrogen-bond donors (Lipinski definition) is 1. The third kappa shape index (κ3) is 1.31. The van der Waals surface area contributed by atoms with Gasteiger partial charge in [-0.2, -0.15) is 0 Å². The molecular formula is C14H14N2. The summed E-state index contributed by atoms with van der Waals surface area (Å²) in [4.78, 5) is 0. The van der Waals surface area contributed by atoms with Crippen LogP contribution in [-0.4, -0.2) is 11.1 Å². The van der Waals surface area contributed by atoms with Gasteiger partial charge in [-0.05, 0) is 22.9 Å². The summed E-state index contributed by atoms with van der Waals surface area (Å²) in [5.74, 6) is 0. The molecule has 1 aromatic heterocycles. The molecule has 2 aromatic carbocycles. The molecule has 0 amide bonds. The van der Waals surface area contributed by atoms with Gasteiger partial charge in [-0.15, -0.1) is 0 Å². The normalized spacial score (nSPS) is 11.3. The molecule has 0 spiro atoms. The number of hydrogen-bond acceptors (Lipinski definition) is 1. The molecule has 0 aliphatic heterocycles. The van der Waals surface area contributed by atoms with Crippen molar-refractivity contribution in [2.24, 2.45) is 5.73 Å². The number of aromatic nitrogens is 1. The molecule has 0 bridgehead atoms. The molecule has 3 rings (SSSR count). The van der Waals surface area contributed by atoms with Gasteiger partial charge in [0.25, 0.3) is 0 Å². The first-order chi connectivity index (χ1) is 7.90. The predicted molar refractivity (Wildman–Crippen MR) is 68.5 cm³/mol. The van der Waals surface area contributed by atoms with Crippen molar-refractivity contribution < 1.29 is 0 Å². The first-order valence-corrected chi connectivity index (χ1v) is 5.57. The third-order valence-corrected chi connectivity index (χ3v) is 3.05. The van der Waals surface area contributed by atoms with Crippen LogP contribution in [0.3, 0.4) is 0 Å². The van der Waals surface area contributed by atoms with Gasteiger partial charge in [0.15, 0.2) is 0 Å². The lowest BCUT2D eigenvalue weighted by Gasteiger charge is -2.04. The van der Waals surface area contributed by atoms with E-state index >= 15 is 0 Å². The Balaban J connectivity index is 2.36. The Bertz CT molecular complexity index is 637. The minimum atomic E-state index is 0.677. The Hall–Kier alpha value is -1.80. The molecule has 0 aliphatic rings. The summed E-state index contributed by atoms with van der Waals surface area (Å²) < 4.78 is 2.21. The van der Waals surface area contributed by atoms with E-state index in [1.807, 2.05) is 0 Å². The summed E-state index contributed by atoms with van der Waals surface area (Å²) in [7, 11) is 0. The molecule has 0 radical (unpaired) electrons. The highest BCUT2D eigenvalue weighted by Gasteiger charge is 2.03. The van der Waals surface area contributed by atoms with Crippen molar-refractivity contribution in [3.8, 4) is 0 Å². The van der Waals surface area contributed by atoms with Gasteiger partial charge in [0.05, 0.1) is 0 Å². The van der Waals surface area contributed by atoms with Crippen molar-refractivity contribution in [2.45, 2.75) is 6.54 Å². The van der Waals surface area contributed by atoms with Gasteiger partial charge in [0, 0.05) is 30.2 Å². The van der Waals surface area contributed by atoms with Gasteiger partial charge in [-0.3, -0.25) is 0 Å². The fourth-order valence-corrected chi connectivity index (χ4v) is 2.29. The van der Waals surface area contributed by atoms with Crippen LogP contribution in [0.1, 0.15) is 0 Å². The van der Waals surface area contributed by atoms with E-state index in [2.05, 4.69) is 53.2 Å². The zero-order valence-electron chi connectivity index (χ0n) is 9.06. The van der Waals surface area contributed by atoms with E-state index in [1.54, 1.807) is 0 Å². The number of nitrogens with zero attached hydrogens (tertiary/aromatic N) is 1. The zero-order chi connectivity index (χ0) is 11.0. The van der Waals surface area contributed by atoms with Crippen LogP contribution >= 0.6 is 0 Å². The maximum absolute atomic E-state index is 5.60. The predicted octanol–water partition coefficient (Wildman–Crippen LogP) is 2.75. The smallest absolute Gasteiger partial charge is 0.0487 e. The Labute approximate surface area is 94.3 Å². The molecule has 0 fully saturated rings. The monoisotopic (exact) mass is 210 g/mol. The van der Waals surface area contributed by atoms with E-state index in [1.165, 1.54) is 21.7 Å². The lowest BCUT2D eigenvalue weighted by Crippen LogP contribution is -2.08. The average Bonchev–Trinajstić information content (AvgIpc) is 2.73. The number of fused-ring (bicyclic) bond motifs is 3. The van der Waals surface area contributed by atoms with Crippen molar-refractivity contribution in [1.82, 2.24) is 4.57 Å². The molecule has 0 saturated carbocycles. The first-order valence-electron chi connectivity index (χ1n) is 5.57. The van der Waals surface area contributed by atoms with Crippen LogP contribution in [0.15, 0.2) is 48.7 Å². The molecule has 0 atom stereocenters. The molecule has 2 heteroatoms. The average molecular weight is 210 g/mol. The van der Waals surface area contributed by atoms with Crippen molar-refractivity contribution in [1.29, 1.82) is 0 Å². The Morgan fingerprint density at radius 2 is 1.81 bits per heavy atom. The summed E-state index contributed by atoms with van der Waals surface area (Å²) in [6.45, 7) is 1.55. The largest absolute Gasteiger partial charge is 0.346 e. The van der Waals surface area contributed by atoms with Crippen molar-refractivity contribution in [3.05, 3.63) is 48.7 Å². The van der Waals surface area contributed by atoms with Crippen molar-refractivity contribution in [3.63, 3.8) is 0 Å². The molecule has 0 saturated heterocycles. The van der Waals surface area contributed by atoms with Crippen molar-refractivity contribution in [2.75, 3.05) is 6.54 Å². The summed E-state index contributed by atoms with van der Waals surface area (Å²) in [6, 6.07) is 15.0. The SMILES string of the molecule is NCCn1ccc2c3ccccc3ccc21. The summed E-state index contributed by atoms with van der Waals surface area (Å²) in [5, 5.41) is 3.92. The second kappa shape index (κ2) is 3.65. The molecule has 16 heavy (non-hydrogen) atoms. The summed E-state index contributed by atoms with van der Waals surface area (Å²) in [6.07, 6.45) is 2.12. The van der Waals surface area contributed by atoms with Crippen molar-refractivity contribution >= 4 is 21.7 Å². The van der Waals surface area contributed by atoms with E-state index in [9.17, 15) is 0 Å². The molecule has 0 unspecified atom stereocenters. The van der Waals surface area contributed by atoms with Gasteiger partial charge in [-0.25, -0.2) is 0 Å². The number of rotatable bonds is 2. The summed E-state index contributed by atoms with van der Waals surface area (Å²) >= 11 is 0. The Morgan fingerprint density at radius 3 is 2.69 bits per heavy atom. The van der Waals surface area contributed by atoms with E-state index < -0.39 is 0 Å². The standard InChI is InChI=1S/C14H14N2/c15-8-10-16-9-7-13-12-4-2-1-3-11(12)5-6-14(13)16/h1-7,9H,8,10,15H2. The van der Waals surface area contributed by atoms with Gasteiger partial charge in [0.2, 0.25) is 0 Å². The molecule has 1 heterocycles. The minimum absolute atomic E-state index is 0.677. The molecular weight excluding hydrogens is 196 g/mol. The lowest BCUT2D eigenvalue weighted by molar-refractivity contribution is 0.735. The Morgan fingerprint density at radius 1 is 0.938 bits per heavy atom. The fraction of sp³-hybridized carbons (Fsp3) is 0.143. The fourth-order valence-electron chi connectivity index (χ4n) is 2.29. The lowest BCUT2D eigenvalue weighted by atomic mass is 10.1. The minimum Gasteiger partial charge on any atom is -0.346 e. The molecule has 3 aromatic rings. The number of benzene rings is 2. The van der Waals surface area contributed by atoms with Crippen LogP contribution in [-0.2, 0) is 6.54 Å². The second-order valence-corrected chi connectivity index (χ2v) is 4.02.